The molecule has 0 unspecified atom stereocenters. The molecule has 1 saturated carbocycles. The third-order valence-corrected chi connectivity index (χ3v) is 4.95. The lowest BCUT2D eigenvalue weighted by molar-refractivity contribution is 0.557. The minimum absolute atomic E-state index is 0.115. The molecule has 0 atom stereocenters. The van der Waals surface area contributed by atoms with Crippen molar-refractivity contribution in [3.8, 4) is 0 Å². The van der Waals surface area contributed by atoms with Crippen LogP contribution in [0.15, 0.2) is 0 Å². The van der Waals surface area contributed by atoms with Gasteiger partial charge in [0.15, 0.2) is 5.13 Å². The van der Waals surface area contributed by atoms with Crippen LogP contribution in [0.4, 0.5) is 5.13 Å². The van der Waals surface area contributed by atoms with Gasteiger partial charge >= 0.3 is 0 Å². The Hall–Kier alpha value is -0.610. The average molecular weight is 310 g/mol. The lowest BCUT2D eigenvalue weighted by Gasteiger charge is -2.25. The first-order chi connectivity index (χ1) is 9.82. The summed E-state index contributed by atoms with van der Waals surface area (Å²) in [6, 6.07) is 1.26. The highest BCUT2D eigenvalue weighted by Crippen LogP contribution is 2.35. The Morgan fingerprint density at radius 3 is 2.48 bits per heavy atom. The highest BCUT2D eigenvalue weighted by molar-refractivity contribution is 7.15. The van der Waals surface area contributed by atoms with Crippen molar-refractivity contribution in [2.45, 2.75) is 84.8 Å². The van der Waals surface area contributed by atoms with E-state index < -0.39 is 0 Å². The molecule has 1 N–H and O–H groups in total. The second-order valence-electron chi connectivity index (χ2n) is 7.46. The van der Waals surface area contributed by atoms with Crippen molar-refractivity contribution in [3.05, 3.63) is 10.6 Å². The molecule has 1 aliphatic rings. The Kier molecular flexibility index (Phi) is 5.31. The van der Waals surface area contributed by atoms with Gasteiger partial charge in [-0.05, 0) is 33.1 Å². The molecule has 1 aromatic heterocycles. The molecule has 0 radical (unpaired) electrons. The molecule has 1 aliphatic carbocycles. The maximum absolute atomic E-state index is 5.02. The first-order valence-electron chi connectivity index (χ1n) is 8.33. The summed E-state index contributed by atoms with van der Waals surface area (Å²) >= 11 is 1.88. The van der Waals surface area contributed by atoms with E-state index in [1.165, 1.54) is 28.5 Å². The van der Waals surface area contributed by atoms with E-state index in [-0.39, 0.29) is 5.41 Å². The van der Waals surface area contributed by atoms with Gasteiger partial charge in [0.05, 0.1) is 5.69 Å². The molecule has 3 nitrogen and oxygen atoms in total. The number of nitrogens with zero attached hydrogens (tertiary/aromatic N) is 2. The first-order valence-corrected chi connectivity index (χ1v) is 9.14. The van der Waals surface area contributed by atoms with Gasteiger partial charge in [-0.2, -0.15) is 0 Å². The number of hydrogen-bond donors (Lipinski definition) is 1. The molecule has 120 valence electrons. The summed E-state index contributed by atoms with van der Waals surface area (Å²) in [5.41, 5.74) is 1.39. The van der Waals surface area contributed by atoms with Crippen molar-refractivity contribution in [2.75, 3.05) is 11.4 Å². The molecular formula is C17H31N3S. The zero-order valence-corrected chi connectivity index (χ0v) is 15.3. The highest BCUT2D eigenvalue weighted by Gasteiger charge is 2.27. The van der Waals surface area contributed by atoms with E-state index >= 15 is 0 Å². The monoisotopic (exact) mass is 309 g/mol. The Morgan fingerprint density at radius 2 is 2.00 bits per heavy atom. The average Bonchev–Trinajstić information content (AvgIpc) is 3.10. The van der Waals surface area contributed by atoms with Crippen molar-refractivity contribution in [1.29, 1.82) is 0 Å². The summed E-state index contributed by atoms with van der Waals surface area (Å²) in [6.07, 6.45) is 3.84. The van der Waals surface area contributed by atoms with Crippen molar-refractivity contribution in [2.24, 2.45) is 0 Å². The zero-order valence-electron chi connectivity index (χ0n) is 14.5. The van der Waals surface area contributed by atoms with Crippen molar-refractivity contribution in [1.82, 2.24) is 10.3 Å². The van der Waals surface area contributed by atoms with Crippen LogP contribution in [-0.2, 0) is 12.0 Å². The van der Waals surface area contributed by atoms with Gasteiger partial charge in [-0.3, -0.25) is 0 Å². The van der Waals surface area contributed by atoms with Crippen LogP contribution in [0, 0.1) is 0 Å². The molecule has 2 rings (SSSR count). The lowest BCUT2D eigenvalue weighted by Crippen LogP contribution is -2.31. The summed E-state index contributed by atoms with van der Waals surface area (Å²) in [4.78, 5) is 8.89. The second-order valence-corrected chi connectivity index (χ2v) is 8.52. The van der Waals surface area contributed by atoms with Crippen LogP contribution in [-0.4, -0.2) is 23.6 Å². The van der Waals surface area contributed by atoms with Crippen LogP contribution in [0.2, 0.25) is 0 Å². The number of rotatable bonds is 7. The molecule has 4 heteroatoms. The Balaban J connectivity index is 2.24. The van der Waals surface area contributed by atoms with Gasteiger partial charge in [0.2, 0.25) is 0 Å². The van der Waals surface area contributed by atoms with Gasteiger partial charge in [0.1, 0.15) is 0 Å². The van der Waals surface area contributed by atoms with Crippen LogP contribution >= 0.6 is 11.3 Å². The Morgan fingerprint density at radius 1 is 1.33 bits per heavy atom. The predicted molar refractivity (Wildman–Crippen MR) is 93.4 cm³/mol. The minimum Gasteiger partial charge on any atom is -0.346 e. The SMILES string of the molecule is CCCN(c1nc(C(C)(C)C)c(CNC2CC2)s1)C(C)C. The van der Waals surface area contributed by atoms with E-state index in [2.05, 4.69) is 51.8 Å². The standard InChI is InChI=1S/C17H31N3S/c1-7-10-20(12(2)3)16-19-15(17(4,5)6)14(21-16)11-18-13-8-9-13/h12-13,18H,7-11H2,1-6H3. The number of thiazole rings is 1. The predicted octanol–water partition coefficient (Wildman–Crippen LogP) is 4.32. The summed E-state index contributed by atoms with van der Waals surface area (Å²) in [5, 5.41) is 4.85. The van der Waals surface area contributed by atoms with Gasteiger partial charge < -0.3 is 10.2 Å². The lowest BCUT2D eigenvalue weighted by atomic mass is 9.91. The van der Waals surface area contributed by atoms with E-state index in [1.807, 2.05) is 11.3 Å². The number of aromatic nitrogens is 1. The normalized spacial score (nSPS) is 15.8. The maximum Gasteiger partial charge on any atom is 0.186 e. The molecule has 0 saturated heterocycles. The van der Waals surface area contributed by atoms with Gasteiger partial charge in [-0.25, -0.2) is 4.98 Å². The van der Waals surface area contributed by atoms with Gasteiger partial charge in [0.25, 0.3) is 0 Å². The van der Waals surface area contributed by atoms with E-state index in [1.54, 1.807) is 0 Å². The fourth-order valence-electron chi connectivity index (χ4n) is 2.51. The van der Waals surface area contributed by atoms with Crippen LogP contribution in [0.5, 0.6) is 0 Å². The molecule has 0 aliphatic heterocycles. The minimum atomic E-state index is 0.115. The fraction of sp³-hybridized carbons (Fsp3) is 0.824. The van der Waals surface area contributed by atoms with Crippen molar-refractivity contribution >= 4 is 16.5 Å². The summed E-state index contributed by atoms with van der Waals surface area (Å²) in [6.45, 7) is 15.6. The van der Waals surface area contributed by atoms with Crippen molar-refractivity contribution < 1.29 is 0 Å². The van der Waals surface area contributed by atoms with Gasteiger partial charge in [-0.15, -0.1) is 11.3 Å². The first kappa shape index (κ1) is 16.8. The van der Waals surface area contributed by atoms with Crippen LogP contribution in [0.1, 0.15) is 71.4 Å². The Bertz CT molecular complexity index is 455. The largest absolute Gasteiger partial charge is 0.346 e. The summed E-state index contributed by atoms with van der Waals surface area (Å²) in [5.74, 6) is 0. The molecule has 0 amide bonds. The quantitative estimate of drug-likeness (QED) is 0.813. The fourth-order valence-corrected chi connectivity index (χ4v) is 3.89. The third-order valence-electron chi connectivity index (χ3n) is 3.86. The maximum atomic E-state index is 5.02. The number of hydrogen-bond acceptors (Lipinski definition) is 4. The van der Waals surface area contributed by atoms with E-state index in [9.17, 15) is 0 Å². The van der Waals surface area contributed by atoms with Crippen molar-refractivity contribution in [3.63, 3.8) is 0 Å². The molecule has 0 aromatic carbocycles. The number of anilines is 1. The smallest absolute Gasteiger partial charge is 0.186 e. The van der Waals surface area contributed by atoms with Crippen LogP contribution in [0.25, 0.3) is 0 Å². The molecule has 1 fully saturated rings. The second kappa shape index (κ2) is 6.66. The summed E-state index contributed by atoms with van der Waals surface area (Å²) in [7, 11) is 0. The molecular weight excluding hydrogens is 278 g/mol. The van der Waals surface area contributed by atoms with Crippen LogP contribution < -0.4 is 10.2 Å². The number of nitrogens with one attached hydrogen (secondary N) is 1. The topological polar surface area (TPSA) is 28.2 Å². The zero-order chi connectivity index (χ0) is 15.6. The highest BCUT2D eigenvalue weighted by atomic mass is 32.1. The van der Waals surface area contributed by atoms with Crippen LogP contribution in [0.3, 0.4) is 0 Å². The molecule has 1 aromatic rings. The molecule has 0 spiro atoms. The van der Waals surface area contributed by atoms with E-state index in [0.29, 0.717) is 6.04 Å². The summed E-state index contributed by atoms with van der Waals surface area (Å²) < 4.78 is 0. The van der Waals surface area contributed by atoms with E-state index in [4.69, 9.17) is 4.98 Å². The van der Waals surface area contributed by atoms with Gasteiger partial charge in [-0.1, -0.05) is 27.7 Å². The third kappa shape index (κ3) is 4.43. The van der Waals surface area contributed by atoms with E-state index in [0.717, 1.165) is 25.6 Å². The molecule has 0 bridgehead atoms. The molecule has 21 heavy (non-hydrogen) atoms. The van der Waals surface area contributed by atoms with Gasteiger partial charge in [0, 0.05) is 35.5 Å². The molecule has 1 heterocycles. The Labute approximate surface area is 134 Å².